The van der Waals surface area contributed by atoms with Crippen LogP contribution in [0.5, 0.6) is 5.88 Å². The van der Waals surface area contributed by atoms with Gasteiger partial charge in [-0.15, -0.1) is 0 Å². The van der Waals surface area contributed by atoms with Crippen LogP contribution in [0.25, 0.3) is 11.0 Å². The van der Waals surface area contributed by atoms with Crippen LogP contribution in [-0.4, -0.2) is 42.8 Å². The lowest BCUT2D eigenvalue weighted by Crippen LogP contribution is -2.34. The number of para-hydroxylation sites is 2. The van der Waals surface area contributed by atoms with Gasteiger partial charge in [0.25, 0.3) is 5.88 Å². The van der Waals surface area contributed by atoms with Crippen molar-refractivity contribution in [3.63, 3.8) is 0 Å². The van der Waals surface area contributed by atoms with Crippen molar-refractivity contribution in [2.75, 3.05) is 31.6 Å². The van der Waals surface area contributed by atoms with Crippen molar-refractivity contribution in [1.29, 1.82) is 0 Å². The summed E-state index contributed by atoms with van der Waals surface area (Å²) in [5, 5.41) is 3.38. The van der Waals surface area contributed by atoms with E-state index in [0.29, 0.717) is 18.5 Å². The Morgan fingerprint density at radius 1 is 1.30 bits per heavy atom. The summed E-state index contributed by atoms with van der Waals surface area (Å²) in [5.74, 6) is 1.46. The lowest BCUT2D eigenvalue weighted by atomic mass is 10.2. The Hall–Kier alpha value is -1.88. The molecular weight excluding hydrogens is 252 g/mol. The normalized spacial score (nSPS) is 18.4. The molecule has 0 saturated carbocycles. The Kier molecular flexibility index (Phi) is 3.69. The van der Waals surface area contributed by atoms with E-state index in [0.717, 1.165) is 36.4 Å². The maximum atomic E-state index is 5.69. The number of ether oxygens (including phenoxy) is 1. The van der Waals surface area contributed by atoms with Crippen LogP contribution in [0.4, 0.5) is 5.82 Å². The monoisotopic (exact) mass is 272 g/mol. The lowest BCUT2D eigenvalue weighted by molar-refractivity contribution is 0.326. The summed E-state index contributed by atoms with van der Waals surface area (Å²) in [7, 11) is 2.07. The first-order valence-corrected chi connectivity index (χ1v) is 7.12. The van der Waals surface area contributed by atoms with Crippen LogP contribution in [0.3, 0.4) is 0 Å². The van der Waals surface area contributed by atoms with Gasteiger partial charge in [-0.3, -0.25) is 0 Å². The van der Waals surface area contributed by atoms with Crippen molar-refractivity contribution < 1.29 is 4.74 Å². The second-order valence-corrected chi connectivity index (χ2v) is 5.03. The summed E-state index contributed by atoms with van der Waals surface area (Å²) >= 11 is 0. The molecule has 0 unspecified atom stereocenters. The molecule has 1 aliphatic rings. The van der Waals surface area contributed by atoms with Gasteiger partial charge in [-0.25, -0.2) is 9.97 Å². The van der Waals surface area contributed by atoms with E-state index >= 15 is 0 Å². The van der Waals surface area contributed by atoms with Crippen LogP contribution in [-0.2, 0) is 0 Å². The van der Waals surface area contributed by atoms with Gasteiger partial charge in [-0.1, -0.05) is 12.1 Å². The van der Waals surface area contributed by atoms with Gasteiger partial charge in [-0.2, -0.15) is 0 Å². The molecule has 1 saturated heterocycles. The molecular formula is C15H20N4O. The van der Waals surface area contributed by atoms with Crippen LogP contribution < -0.4 is 15.0 Å². The summed E-state index contributed by atoms with van der Waals surface area (Å²) in [6.45, 7) is 4.60. The van der Waals surface area contributed by atoms with Gasteiger partial charge in [0.2, 0.25) is 0 Å². The standard InChI is InChI=1S/C15H20N4O/c1-3-20-15-14(19(2)11-8-9-16-10-11)17-12-6-4-5-7-13(12)18-15/h4-7,11,16H,3,8-10H2,1-2H3/t11-/m1/s1. The minimum Gasteiger partial charge on any atom is -0.475 e. The zero-order chi connectivity index (χ0) is 13.9. The highest BCUT2D eigenvalue weighted by Crippen LogP contribution is 2.28. The van der Waals surface area contributed by atoms with E-state index in [9.17, 15) is 0 Å². The van der Waals surface area contributed by atoms with Crippen LogP contribution in [0.15, 0.2) is 24.3 Å². The van der Waals surface area contributed by atoms with E-state index < -0.39 is 0 Å². The first-order valence-electron chi connectivity index (χ1n) is 7.12. The zero-order valence-electron chi connectivity index (χ0n) is 12.0. The summed E-state index contributed by atoms with van der Waals surface area (Å²) in [4.78, 5) is 11.5. The number of aromatic nitrogens is 2. The van der Waals surface area contributed by atoms with Gasteiger partial charge < -0.3 is 15.0 Å². The van der Waals surface area contributed by atoms with Crippen LogP contribution in [0.1, 0.15) is 13.3 Å². The highest BCUT2D eigenvalue weighted by atomic mass is 16.5. The van der Waals surface area contributed by atoms with E-state index in [1.165, 1.54) is 0 Å². The zero-order valence-corrected chi connectivity index (χ0v) is 12.0. The maximum Gasteiger partial charge on any atom is 0.258 e. The molecule has 1 aromatic carbocycles. The number of benzene rings is 1. The Balaban J connectivity index is 2.03. The molecule has 1 atom stereocenters. The fourth-order valence-electron chi connectivity index (χ4n) is 2.58. The maximum absolute atomic E-state index is 5.69. The van der Waals surface area contributed by atoms with Crippen molar-refractivity contribution in [3.05, 3.63) is 24.3 Å². The highest BCUT2D eigenvalue weighted by molar-refractivity contribution is 5.77. The molecule has 1 aromatic heterocycles. The highest BCUT2D eigenvalue weighted by Gasteiger charge is 2.24. The number of hydrogen-bond acceptors (Lipinski definition) is 5. The average molecular weight is 272 g/mol. The molecule has 2 aromatic rings. The molecule has 0 amide bonds. The van der Waals surface area contributed by atoms with Crippen molar-refractivity contribution in [2.45, 2.75) is 19.4 Å². The van der Waals surface area contributed by atoms with Gasteiger partial charge in [0.15, 0.2) is 5.82 Å². The third-order valence-corrected chi connectivity index (χ3v) is 3.72. The molecule has 5 nitrogen and oxygen atoms in total. The predicted octanol–water partition coefficient (Wildman–Crippen LogP) is 1.83. The molecule has 20 heavy (non-hydrogen) atoms. The lowest BCUT2D eigenvalue weighted by Gasteiger charge is -2.26. The number of likely N-dealkylation sites (N-methyl/N-ethyl adjacent to an activating group) is 1. The van der Waals surface area contributed by atoms with E-state index in [1.807, 2.05) is 31.2 Å². The minimum atomic E-state index is 0.449. The Morgan fingerprint density at radius 3 is 2.70 bits per heavy atom. The van der Waals surface area contributed by atoms with Gasteiger partial charge in [0.1, 0.15) is 0 Å². The molecule has 1 fully saturated rings. The van der Waals surface area contributed by atoms with Crippen LogP contribution in [0.2, 0.25) is 0 Å². The van der Waals surface area contributed by atoms with Crippen molar-refractivity contribution in [2.24, 2.45) is 0 Å². The molecule has 0 bridgehead atoms. The van der Waals surface area contributed by atoms with Crippen molar-refractivity contribution in [3.8, 4) is 5.88 Å². The summed E-state index contributed by atoms with van der Waals surface area (Å²) in [6.07, 6.45) is 1.12. The second kappa shape index (κ2) is 5.63. The fraction of sp³-hybridized carbons (Fsp3) is 0.467. The van der Waals surface area contributed by atoms with Gasteiger partial charge in [0, 0.05) is 19.6 Å². The average Bonchev–Trinajstić information content (AvgIpc) is 3.00. The number of fused-ring (bicyclic) bond motifs is 1. The largest absolute Gasteiger partial charge is 0.475 e. The molecule has 5 heteroatoms. The number of nitrogens with one attached hydrogen (secondary N) is 1. The molecule has 1 aliphatic heterocycles. The van der Waals surface area contributed by atoms with E-state index in [1.54, 1.807) is 0 Å². The number of nitrogens with zero attached hydrogens (tertiary/aromatic N) is 3. The Labute approximate surface area is 119 Å². The summed E-state index contributed by atoms with van der Waals surface area (Å²) in [6, 6.07) is 8.35. The molecule has 0 spiro atoms. The van der Waals surface area contributed by atoms with Gasteiger partial charge in [-0.05, 0) is 32.0 Å². The third-order valence-electron chi connectivity index (χ3n) is 3.72. The number of anilines is 1. The smallest absolute Gasteiger partial charge is 0.258 e. The molecule has 3 rings (SSSR count). The molecule has 0 aliphatic carbocycles. The number of rotatable bonds is 4. The van der Waals surface area contributed by atoms with Gasteiger partial charge >= 0.3 is 0 Å². The Morgan fingerprint density at radius 2 is 2.05 bits per heavy atom. The van der Waals surface area contributed by atoms with Crippen LogP contribution in [0, 0.1) is 0 Å². The summed E-state index contributed by atoms with van der Waals surface area (Å²) in [5.41, 5.74) is 1.78. The molecule has 2 heterocycles. The van der Waals surface area contributed by atoms with E-state index in [2.05, 4.69) is 22.2 Å². The Bertz CT molecular complexity index is 595. The second-order valence-electron chi connectivity index (χ2n) is 5.03. The quantitative estimate of drug-likeness (QED) is 0.920. The minimum absolute atomic E-state index is 0.449. The molecule has 0 radical (unpaired) electrons. The van der Waals surface area contributed by atoms with E-state index in [4.69, 9.17) is 9.72 Å². The third kappa shape index (κ3) is 2.41. The first kappa shape index (κ1) is 13.1. The first-order chi connectivity index (χ1) is 9.79. The van der Waals surface area contributed by atoms with Crippen LogP contribution >= 0.6 is 0 Å². The van der Waals surface area contributed by atoms with Gasteiger partial charge in [0.05, 0.1) is 17.6 Å². The van der Waals surface area contributed by atoms with E-state index in [-0.39, 0.29) is 0 Å². The summed E-state index contributed by atoms with van der Waals surface area (Å²) < 4.78 is 5.69. The van der Waals surface area contributed by atoms with Crippen molar-refractivity contribution in [1.82, 2.24) is 15.3 Å². The molecule has 106 valence electrons. The SMILES string of the molecule is CCOc1nc2ccccc2nc1N(C)[C@@H]1CCNC1. The fourth-order valence-corrected chi connectivity index (χ4v) is 2.58. The molecule has 1 N–H and O–H groups in total. The predicted molar refractivity (Wildman–Crippen MR) is 80.4 cm³/mol. The van der Waals surface area contributed by atoms with Crippen molar-refractivity contribution >= 4 is 16.9 Å². The topological polar surface area (TPSA) is 50.3 Å². The number of hydrogen-bond donors (Lipinski definition) is 1.